The number of rotatable bonds is 8. The topological polar surface area (TPSA) is 109 Å². The summed E-state index contributed by atoms with van der Waals surface area (Å²) in [6, 6.07) is 10.2. The molecule has 4 rings (SSSR count). The van der Waals surface area contributed by atoms with Crippen molar-refractivity contribution in [1.82, 2.24) is 14.9 Å². The summed E-state index contributed by atoms with van der Waals surface area (Å²) in [4.78, 5) is 37.6. The van der Waals surface area contributed by atoms with Gasteiger partial charge in [0.1, 0.15) is 0 Å². The van der Waals surface area contributed by atoms with Gasteiger partial charge in [-0.1, -0.05) is 12.1 Å². The largest absolute Gasteiger partial charge is 0.573 e. The van der Waals surface area contributed by atoms with Gasteiger partial charge in [0.05, 0.1) is 25.4 Å². The number of carbonyl (C=O) groups excluding carboxylic acids is 2. The number of aromatic nitrogens is 2. The molecule has 0 unspecified atom stereocenters. The van der Waals surface area contributed by atoms with Gasteiger partial charge in [0.25, 0.3) is 5.91 Å². The lowest BCUT2D eigenvalue weighted by Crippen LogP contribution is -2.41. The van der Waals surface area contributed by atoms with Gasteiger partial charge < -0.3 is 25.0 Å². The lowest BCUT2D eigenvalue weighted by Gasteiger charge is -2.26. The van der Waals surface area contributed by atoms with Crippen LogP contribution in [0.25, 0.3) is 11.1 Å². The highest BCUT2D eigenvalue weighted by atomic mass is 19.4. The fourth-order valence-corrected chi connectivity index (χ4v) is 3.79. The number of nitrogens with one attached hydrogen (secondary N) is 2. The lowest BCUT2D eigenvalue weighted by atomic mass is 10.1. The van der Waals surface area contributed by atoms with Gasteiger partial charge in [-0.2, -0.15) is 0 Å². The summed E-state index contributed by atoms with van der Waals surface area (Å²) in [6.07, 6.45) is -1.60. The number of amides is 2. The normalized spacial score (nSPS) is 14.0. The first-order chi connectivity index (χ1) is 18.6. The molecule has 2 amide bonds. The van der Waals surface area contributed by atoms with Crippen LogP contribution in [0, 0.1) is 0 Å². The molecule has 0 spiro atoms. The summed E-state index contributed by atoms with van der Waals surface area (Å²) in [5, 5.41) is 5.13. The van der Waals surface area contributed by atoms with Gasteiger partial charge >= 0.3 is 6.36 Å². The highest BCUT2D eigenvalue weighted by Gasteiger charge is 2.32. The van der Waals surface area contributed by atoms with Crippen LogP contribution in [0.1, 0.15) is 10.4 Å². The van der Waals surface area contributed by atoms with Crippen molar-refractivity contribution in [2.75, 3.05) is 62.5 Å². The molecule has 0 atom stereocenters. The Morgan fingerprint density at radius 3 is 2.28 bits per heavy atom. The molecule has 1 fully saturated rings. The van der Waals surface area contributed by atoms with E-state index in [1.807, 2.05) is 19.0 Å². The molecule has 2 N–H and O–H groups in total. The molecular formula is C26H27F3N6O4. The van der Waals surface area contributed by atoms with Crippen molar-refractivity contribution in [1.29, 1.82) is 0 Å². The van der Waals surface area contributed by atoms with Crippen LogP contribution in [0.2, 0.25) is 0 Å². The number of ether oxygens (including phenoxy) is 2. The number of hydrogen-bond donors (Lipinski definition) is 2. The number of hydrogen-bond acceptors (Lipinski definition) is 8. The first kappa shape index (κ1) is 27.8. The number of anilines is 3. The summed E-state index contributed by atoms with van der Waals surface area (Å²) in [5.41, 5.74) is 1.84. The van der Waals surface area contributed by atoms with E-state index in [9.17, 15) is 22.8 Å². The summed E-state index contributed by atoms with van der Waals surface area (Å²) in [5.74, 6) is -1.17. The van der Waals surface area contributed by atoms with E-state index in [0.717, 1.165) is 23.3 Å². The van der Waals surface area contributed by atoms with Crippen LogP contribution >= 0.6 is 0 Å². The third kappa shape index (κ3) is 7.88. The van der Waals surface area contributed by atoms with E-state index in [1.165, 1.54) is 6.07 Å². The van der Waals surface area contributed by atoms with Crippen molar-refractivity contribution >= 4 is 29.1 Å². The molecule has 1 aliphatic heterocycles. The first-order valence-electron chi connectivity index (χ1n) is 12.0. The zero-order valence-corrected chi connectivity index (χ0v) is 21.3. The molecule has 0 aliphatic carbocycles. The second kappa shape index (κ2) is 12.1. The van der Waals surface area contributed by atoms with Crippen molar-refractivity contribution in [3.05, 3.63) is 60.4 Å². The van der Waals surface area contributed by atoms with E-state index < -0.39 is 23.9 Å². The Balaban J connectivity index is 1.46. The number of carbonyl (C=O) groups is 2. The maximum atomic E-state index is 12.9. The van der Waals surface area contributed by atoms with Gasteiger partial charge in [-0.3, -0.25) is 14.5 Å². The highest BCUT2D eigenvalue weighted by Crippen LogP contribution is 2.32. The molecule has 1 saturated heterocycles. The van der Waals surface area contributed by atoms with E-state index in [1.54, 1.807) is 41.6 Å². The minimum Gasteiger partial charge on any atom is -0.404 e. The summed E-state index contributed by atoms with van der Waals surface area (Å²) in [7, 11) is 3.68. The predicted octanol–water partition coefficient (Wildman–Crippen LogP) is 3.63. The minimum atomic E-state index is -4.98. The molecule has 39 heavy (non-hydrogen) atoms. The highest BCUT2D eigenvalue weighted by molar-refractivity contribution is 6.06. The van der Waals surface area contributed by atoms with Gasteiger partial charge in [0.2, 0.25) is 11.9 Å². The van der Waals surface area contributed by atoms with Gasteiger partial charge in [0, 0.05) is 56.4 Å². The van der Waals surface area contributed by atoms with Crippen LogP contribution in [0.4, 0.5) is 30.5 Å². The maximum absolute atomic E-state index is 12.9. The van der Waals surface area contributed by atoms with Crippen molar-refractivity contribution in [3.8, 4) is 16.9 Å². The Hall–Kier alpha value is -4.23. The average Bonchev–Trinajstić information content (AvgIpc) is 2.90. The Morgan fingerprint density at radius 2 is 1.67 bits per heavy atom. The SMILES string of the molecule is CN(C)c1ncc(-c2ccc(NC(=O)c3ccc(OC(F)(F)F)c(NC(=O)CN4CCOCC4)c3)cc2)cn1. The Kier molecular flexibility index (Phi) is 8.62. The number of halogens is 3. The monoisotopic (exact) mass is 544 g/mol. The number of benzene rings is 2. The molecular weight excluding hydrogens is 517 g/mol. The Morgan fingerprint density at radius 1 is 1.00 bits per heavy atom. The zero-order valence-electron chi connectivity index (χ0n) is 21.3. The fraction of sp³-hybridized carbons (Fsp3) is 0.308. The molecule has 0 bridgehead atoms. The molecule has 13 heteroatoms. The zero-order chi connectivity index (χ0) is 28.0. The number of alkyl halides is 3. The Labute approximate surface area is 222 Å². The third-order valence-electron chi connectivity index (χ3n) is 5.73. The van der Waals surface area contributed by atoms with Gasteiger partial charge in [-0.25, -0.2) is 9.97 Å². The van der Waals surface area contributed by atoms with E-state index in [2.05, 4.69) is 25.3 Å². The first-order valence-corrected chi connectivity index (χ1v) is 12.0. The van der Waals surface area contributed by atoms with Gasteiger partial charge in [0.15, 0.2) is 5.75 Å². The summed E-state index contributed by atoms with van der Waals surface area (Å²) < 4.78 is 48.1. The van der Waals surface area contributed by atoms with Gasteiger partial charge in [-0.05, 0) is 35.9 Å². The summed E-state index contributed by atoms with van der Waals surface area (Å²) in [6.45, 7) is 1.93. The minimum absolute atomic E-state index is 0.0305. The predicted molar refractivity (Wildman–Crippen MR) is 139 cm³/mol. The fourth-order valence-electron chi connectivity index (χ4n) is 3.79. The molecule has 206 valence electrons. The van der Waals surface area contributed by atoms with E-state index in [4.69, 9.17) is 4.74 Å². The van der Waals surface area contributed by atoms with Crippen molar-refractivity contribution in [3.63, 3.8) is 0 Å². The molecule has 2 aromatic carbocycles. The van der Waals surface area contributed by atoms with Crippen LogP contribution in [0.5, 0.6) is 5.75 Å². The van der Waals surface area contributed by atoms with Crippen LogP contribution < -0.4 is 20.3 Å². The van der Waals surface area contributed by atoms with Crippen LogP contribution in [0.15, 0.2) is 54.9 Å². The van der Waals surface area contributed by atoms with E-state index >= 15 is 0 Å². The third-order valence-corrected chi connectivity index (χ3v) is 5.73. The van der Waals surface area contributed by atoms with Gasteiger partial charge in [-0.15, -0.1) is 13.2 Å². The number of nitrogens with zero attached hydrogens (tertiary/aromatic N) is 4. The molecule has 2 heterocycles. The smallest absolute Gasteiger partial charge is 0.404 e. The van der Waals surface area contributed by atoms with Crippen LogP contribution in [-0.4, -0.2) is 80.0 Å². The molecule has 0 radical (unpaired) electrons. The number of morpholine rings is 1. The van der Waals surface area contributed by atoms with Crippen LogP contribution in [-0.2, 0) is 9.53 Å². The Bertz CT molecular complexity index is 1290. The molecule has 0 saturated carbocycles. The van der Waals surface area contributed by atoms with Crippen molar-refractivity contribution < 1.29 is 32.2 Å². The average molecular weight is 545 g/mol. The molecule has 3 aromatic rings. The van der Waals surface area contributed by atoms with E-state index in [0.29, 0.717) is 37.9 Å². The van der Waals surface area contributed by atoms with Crippen molar-refractivity contribution in [2.45, 2.75) is 6.36 Å². The lowest BCUT2D eigenvalue weighted by molar-refractivity contribution is -0.274. The maximum Gasteiger partial charge on any atom is 0.573 e. The van der Waals surface area contributed by atoms with Crippen LogP contribution in [0.3, 0.4) is 0 Å². The molecule has 10 nitrogen and oxygen atoms in total. The standard InChI is InChI=1S/C26H27F3N6O4/c1-34(2)25-30-14-19(15-31-25)17-3-6-20(7-4-17)32-24(37)18-5-8-22(39-26(27,28)29)21(13-18)33-23(36)16-35-9-11-38-12-10-35/h3-8,13-15H,9-12,16H2,1-2H3,(H,32,37)(H,33,36). The second-order valence-corrected chi connectivity index (χ2v) is 8.89. The summed E-state index contributed by atoms with van der Waals surface area (Å²) >= 11 is 0. The quantitative estimate of drug-likeness (QED) is 0.443. The second-order valence-electron chi connectivity index (χ2n) is 8.89. The molecule has 1 aliphatic rings. The van der Waals surface area contributed by atoms with E-state index in [-0.39, 0.29) is 17.8 Å². The molecule has 1 aromatic heterocycles. The van der Waals surface area contributed by atoms with Crippen molar-refractivity contribution in [2.24, 2.45) is 0 Å².